The van der Waals surface area contributed by atoms with E-state index in [-0.39, 0.29) is 11.1 Å². The van der Waals surface area contributed by atoms with Gasteiger partial charge in [-0.3, -0.25) is 4.79 Å². The lowest BCUT2D eigenvalue weighted by molar-refractivity contribution is -0.124. The van der Waals surface area contributed by atoms with Crippen LogP contribution in [-0.2, 0) is 9.53 Å². The minimum Gasteiger partial charge on any atom is -0.478 e. The third kappa shape index (κ3) is 4.03. The van der Waals surface area contributed by atoms with Crippen molar-refractivity contribution in [1.29, 1.82) is 0 Å². The molecule has 0 amide bonds. The molecular formula is C14H14O6. The molecule has 0 spiro atoms. The molecule has 0 saturated heterocycles. The predicted molar refractivity (Wildman–Crippen MR) is 69.5 cm³/mol. The molecule has 0 fully saturated rings. The Morgan fingerprint density at radius 1 is 1.25 bits per heavy atom. The first kappa shape index (κ1) is 15.6. The van der Waals surface area contributed by atoms with Crippen LogP contribution >= 0.6 is 0 Å². The van der Waals surface area contributed by atoms with E-state index in [4.69, 9.17) is 9.84 Å². The lowest BCUT2D eigenvalue weighted by atomic mass is 10.1. The monoisotopic (exact) mass is 278 g/mol. The Kier molecular flexibility index (Phi) is 5.61. The van der Waals surface area contributed by atoms with E-state index in [0.29, 0.717) is 0 Å². The van der Waals surface area contributed by atoms with Gasteiger partial charge >= 0.3 is 11.9 Å². The Balaban J connectivity index is 2.73. The van der Waals surface area contributed by atoms with Gasteiger partial charge in [-0.15, -0.1) is 0 Å². The zero-order chi connectivity index (χ0) is 15.1. The number of allylic oxidation sites excluding steroid dienone is 1. The molecule has 1 unspecified atom stereocenters. The average Bonchev–Trinajstić information content (AvgIpc) is 2.44. The molecule has 20 heavy (non-hydrogen) atoms. The molecule has 0 aliphatic carbocycles. The largest absolute Gasteiger partial charge is 0.478 e. The second-order valence-corrected chi connectivity index (χ2v) is 3.87. The number of esters is 1. The molecule has 1 atom stereocenters. The van der Waals surface area contributed by atoms with Crippen LogP contribution in [0, 0.1) is 0 Å². The maximum absolute atomic E-state index is 11.7. The van der Waals surface area contributed by atoms with Crippen LogP contribution < -0.4 is 0 Å². The van der Waals surface area contributed by atoms with Crippen molar-refractivity contribution in [3.8, 4) is 0 Å². The first-order valence-corrected chi connectivity index (χ1v) is 5.81. The number of carbonyl (C=O) groups excluding carboxylic acids is 2. The SMILES string of the molecule is CC=CC(=O)C(O)COC(=O)c1ccccc1C(=O)O. The molecule has 0 aliphatic rings. The number of aromatic carboxylic acids is 1. The zero-order valence-electron chi connectivity index (χ0n) is 10.8. The number of ketones is 1. The number of carbonyl (C=O) groups is 3. The van der Waals surface area contributed by atoms with Crippen molar-refractivity contribution >= 4 is 17.7 Å². The third-order valence-electron chi connectivity index (χ3n) is 2.41. The summed E-state index contributed by atoms with van der Waals surface area (Å²) in [5.41, 5.74) is -0.336. The van der Waals surface area contributed by atoms with Gasteiger partial charge in [-0.05, 0) is 25.1 Å². The second kappa shape index (κ2) is 7.20. The Morgan fingerprint density at radius 2 is 1.85 bits per heavy atom. The summed E-state index contributed by atoms with van der Waals surface area (Å²) < 4.78 is 4.74. The summed E-state index contributed by atoms with van der Waals surface area (Å²) in [6, 6.07) is 5.53. The number of ether oxygens (including phenoxy) is 1. The number of rotatable bonds is 6. The minimum absolute atomic E-state index is 0.134. The summed E-state index contributed by atoms with van der Waals surface area (Å²) in [5.74, 6) is -2.76. The molecule has 2 N–H and O–H groups in total. The molecule has 6 nitrogen and oxygen atoms in total. The summed E-state index contributed by atoms with van der Waals surface area (Å²) in [6.07, 6.45) is 1.14. The number of carboxylic acids is 1. The van der Waals surface area contributed by atoms with Crippen molar-refractivity contribution in [3.63, 3.8) is 0 Å². The highest BCUT2D eigenvalue weighted by Crippen LogP contribution is 2.10. The minimum atomic E-state index is -1.47. The lowest BCUT2D eigenvalue weighted by Gasteiger charge is -2.09. The Morgan fingerprint density at radius 3 is 2.40 bits per heavy atom. The number of aliphatic hydroxyl groups excluding tert-OH is 1. The molecule has 0 radical (unpaired) electrons. The van der Waals surface area contributed by atoms with Gasteiger partial charge in [-0.2, -0.15) is 0 Å². The first-order valence-electron chi connectivity index (χ1n) is 5.81. The van der Waals surface area contributed by atoms with E-state index in [9.17, 15) is 19.5 Å². The zero-order valence-corrected chi connectivity index (χ0v) is 10.8. The number of hydrogen-bond acceptors (Lipinski definition) is 5. The highest BCUT2D eigenvalue weighted by atomic mass is 16.5. The first-order chi connectivity index (χ1) is 9.47. The molecule has 0 heterocycles. The van der Waals surface area contributed by atoms with E-state index < -0.39 is 30.4 Å². The molecule has 1 aromatic carbocycles. The van der Waals surface area contributed by atoms with Gasteiger partial charge < -0.3 is 14.9 Å². The van der Waals surface area contributed by atoms with Crippen LogP contribution in [0.25, 0.3) is 0 Å². The Labute approximate surface area is 115 Å². The van der Waals surface area contributed by atoms with E-state index >= 15 is 0 Å². The van der Waals surface area contributed by atoms with Crippen LogP contribution in [0.2, 0.25) is 0 Å². The van der Waals surface area contributed by atoms with Crippen LogP contribution in [0.1, 0.15) is 27.6 Å². The summed E-state index contributed by atoms with van der Waals surface area (Å²) in [6.45, 7) is 1.08. The van der Waals surface area contributed by atoms with Crippen LogP contribution in [0.4, 0.5) is 0 Å². The smallest absolute Gasteiger partial charge is 0.339 e. The van der Waals surface area contributed by atoms with Crippen molar-refractivity contribution < 1.29 is 29.3 Å². The van der Waals surface area contributed by atoms with Crippen molar-refractivity contribution in [1.82, 2.24) is 0 Å². The van der Waals surface area contributed by atoms with Crippen molar-refractivity contribution in [3.05, 3.63) is 47.5 Å². The summed E-state index contributed by atoms with van der Waals surface area (Å²) in [7, 11) is 0. The summed E-state index contributed by atoms with van der Waals surface area (Å²) in [4.78, 5) is 33.9. The molecular weight excluding hydrogens is 264 g/mol. The van der Waals surface area contributed by atoms with Gasteiger partial charge in [-0.25, -0.2) is 9.59 Å². The lowest BCUT2D eigenvalue weighted by Crippen LogP contribution is -2.26. The van der Waals surface area contributed by atoms with Gasteiger partial charge in [0.25, 0.3) is 0 Å². The summed E-state index contributed by atoms with van der Waals surface area (Å²) in [5, 5.41) is 18.4. The summed E-state index contributed by atoms with van der Waals surface area (Å²) >= 11 is 0. The maximum atomic E-state index is 11.7. The highest BCUT2D eigenvalue weighted by Gasteiger charge is 2.19. The molecule has 0 aliphatic heterocycles. The standard InChI is InChI=1S/C14H14O6/c1-2-5-11(15)12(16)8-20-14(19)10-7-4-3-6-9(10)13(17)18/h2-7,12,16H,8H2,1H3,(H,17,18). The Bertz CT molecular complexity index is 546. The topological polar surface area (TPSA) is 101 Å². The molecule has 0 saturated carbocycles. The number of aliphatic hydroxyl groups is 1. The van der Waals surface area contributed by atoms with E-state index in [2.05, 4.69) is 0 Å². The van der Waals surface area contributed by atoms with Gasteiger partial charge in [0.2, 0.25) is 0 Å². The van der Waals surface area contributed by atoms with Crippen molar-refractivity contribution in [2.24, 2.45) is 0 Å². The van der Waals surface area contributed by atoms with E-state index in [0.717, 1.165) is 6.08 Å². The van der Waals surface area contributed by atoms with Gasteiger partial charge in [0.1, 0.15) is 6.61 Å². The fraction of sp³-hybridized carbons (Fsp3) is 0.214. The van der Waals surface area contributed by atoms with Gasteiger partial charge in [0.05, 0.1) is 11.1 Å². The molecule has 6 heteroatoms. The second-order valence-electron chi connectivity index (χ2n) is 3.87. The highest BCUT2D eigenvalue weighted by molar-refractivity contribution is 6.02. The molecule has 0 aromatic heterocycles. The number of benzene rings is 1. The van der Waals surface area contributed by atoms with Crippen LogP contribution in [-0.4, -0.2) is 40.6 Å². The van der Waals surface area contributed by atoms with Crippen LogP contribution in [0.15, 0.2) is 36.4 Å². The van der Waals surface area contributed by atoms with Crippen molar-refractivity contribution in [2.75, 3.05) is 6.61 Å². The van der Waals surface area contributed by atoms with Gasteiger partial charge in [0, 0.05) is 0 Å². The average molecular weight is 278 g/mol. The van der Waals surface area contributed by atoms with Crippen LogP contribution in [0.5, 0.6) is 0 Å². The van der Waals surface area contributed by atoms with E-state index in [1.165, 1.54) is 30.3 Å². The van der Waals surface area contributed by atoms with E-state index in [1.54, 1.807) is 6.92 Å². The normalized spacial score (nSPS) is 12.1. The molecule has 106 valence electrons. The number of carboxylic acid groups (broad SMARTS) is 1. The molecule has 1 aromatic rings. The van der Waals surface area contributed by atoms with Gasteiger partial charge in [-0.1, -0.05) is 18.2 Å². The molecule has 1 rings (SSSR count). The van der Waals surface area contributed by atoms with Crippen molar-refractivity contribution in [2.45, 2.75) is 13.0 Å². The van der Waals surface area contributed by atoms with Crippen LogP contribution in [0.3, 0.4) is 0 Å². The predicted octanol–water partition coefficient (Wildman–Crippen LogP) is 1.05. The fourth-order valence-corrected chi connectivity index (χ4v) is 1.44. The van der Waals surface area contributed by atoms with Gasteiger partial charge in [0.15, 0.2) is 11.9 Å². The van der Waals surface area contributed by atoms with E-state index in [1.807, 2.05) is 0 Å². The maximum Gasteiger partial charge on any atom is 0.339 e. The quantitative estimate of drug-likeness (QED) is 0.595. The molecule has 0 bridgehead atoms. The third-order valence-corrected chi connectivity index (χ3v) is 2.41. The number of hydrogen-bond donors (Lipinski definition) is 2. The Hall–Kier alpha value is -2.47. The fourth-order valence-electron chi connectivity index (χ4n) is 1.44.